The van der Waals surface area contributed by atoms with Crippen molar-refractivity contribution in [2.45, 2.75) is 19.3 Å². The number of rotatable bonds is 0. The van der Waals surface area contributed by atoms with Crippen LogP contribution in [0, 0.1) is 23.7 Å². The molecule has 0 bridgehead atoms. The second kappa shape index (κ2) is 0.667. The van der Waals surface area contributed by atoms with E-state index in [1.165, 1.54) is 23.7 Å². The van der Waals surface area contributed by atoms with Crippen LogP contribution in [-0.2, 0) is 0 Å². The van der Waals surface area contributed by atoms with Crippen LogP contribution in [-0.4, -0.2) is 0 Å². The first-order chi connectivity index (χ1) is 3.47. The lowest BCUT2D eigenvalue weighted by molar-refractivity contribution is 0.270. The fourth-order valence-corrected chi connectivity index (χ4v) is 2.94. The summed E-state index contributed by atoms with van der Waals surface area (Å²) in [5.74, 6) is 5.03. The minimum absolute atomic E-state index is 1.23. The third-order valence-electron chi connectivity index (χ3n) is 3.39. The first kappa shape index (κ1) is 3.11. The van der Waals surface area contributed by atoms with Gasteiger partial charge in [-0.3, -0.25) is 0 Å². The van der Waals surface area contributed by atoms with Crippen molar-refractivity contribution in [3.8, 4) is 0 Å². The maximum atomic E-state index is 1.62. The van der Waals surface area contributed by atoms with Gasteiger partial charge in [-0.2, -0.15) is 0 Å². The highest BCUT2D eigenvalue weighted by atomic mass is 14.7. The molecular formula is C7H10. The molecule has 0 heteroatoms. The summed E-state index contributed by atoms with van der Waals surface area (Å²) in [6.45, 7) is 0. The molecular weight excluding hydrogens is 84.1 g/mol. The lowest BCUT2D eigenvalue weighted by atomic mass is 9.82. The quantitative estimate of drug-likeness (QED) is 0.428. The standard InChI is InChI=1S/C7H10/c1-2-5-6-3-4(1)7(5)6/h4-7H,1-3H2/t4?,5?,6-,7?/m1/s1. The van der Waals surface area contributed by atoms with E-state index in [-0.39, 0.29) is 0 Å². The van der Waals surface area contributed by atoms with E-state index in [0.29, 0.717) is 0 Å². The summed E-state index contributed by atoms with van der Waals surface area (Å²) in [7, 11) is 0. The predicted molar refractivity (Wildman–Crippen MR) is 27.8 cm³/mol. The van der Waals surface area contributed by atoms with Crippen LogP contribution < -0.4 is 0 Å². The molecule has 3 rings (SSSR count). The molecule has 0 nitrogen and oxygen atoms in total. The first-order valence-corrected chi connectivity index (χ1v) is 3.47. The Morgan fingerprint density at radius 1 is 1.00 bits per heavy atom. The third kappa shape index (κ3) is 0.181. The molecule has 0 aliphatic heterocycles. The monoisotopic (exact) mass is 94.1 g/mol. The Morgan fingerprint density at radius 3 is 2.14 bits per heavy atom. The van der Waals surface area contributed by atoms with Gasteiger partial charge in [-0.1, -0.05) is 0 Å². The van der Waals surface area contributed by atoms with E-state index >= 15 is 0 Å². The molecule has 7 heavy (non-hydrogen) atoms. The molecule has 38 valence electrons. The van der Waals surface area contributed by atoms with E-state index in [4.69, 9.17) is 0 Å². The van der Waals surface area contributed by atoms with Gasteiger partial charge in [-0.05, 0) is 42.9 Å². The molecule has 0 aromatic carbocycles. The van der Waals surface area contributed by atoms with Gasteiger partial charge >= 0.3 is 0 Å². The van der Waals surface area contributed by atoms with Crippen molar-refractivity contribution >= 4 is 0 Å². The zero-order chi connectivity index (χ0) is 4.43. The second-order valence-electron chi connectivity index (χ2n) is 3.48. The average molecular weight is 94.2 g/mol. The fraction of sp³-hybridized carbons (Fsp3) is 1.00. The van der Waals surface area contributed by atoms with Gasteiger partial charge in [-0.25, -0.2) is 0 Å². The number of hydrogen-bond acceptors (Lipinski definition) is 0. The van der Waals surface area contributed by atoms with E-state index in [0.717, 1.165) is 0 Å². The summed E-state index contributed by atoms with van der Waals surface area (Å²) in [5.41, 5.74) is 0. The van der Waals surface area contributed by atoms with Crippen molar-refractivity contribution in [1.29, 1.82) is 0 Å². The minimum Gasteiger partial charge on any atom is -0.0499 e. The van der Waals surface area contributed by atoms with E-state index < -0.39 is 0 Å². The average Bonchev–Trinajstić information content (AvgIpc) is 2.02. The first-order valence-electron chi connectivity index (χ1n) is 3.47. The zero-order valence-corrected chi connectivity index (χ0v) is 4.43. The molecule has 3 unspecified atom stereocenters. The van der Waals surface area contributed by atoms with Crippen LogP contribution in [0.5, 0.6) is 0 Å². The molecule has 4 atom stereocenters. The van der Waals surface area contributed by atoms with Gasteiger partial charge in [0.05, 0.1) is 0 Å². The van der Waals surface area contributed by atoms with E-state index in [1.807, 2.05) is 0 Å². The molecule has 0 radical (unpaired) electrons. The predicted octanol–water partition coefficient (Wildman–Crippen LogP) is 1.66. The Hall–Kier alpha value is 0. The highest BCUT2D eigenvalue weighted by Crippen LogP contribution is 2.72. The fourth-order valence-electron chi connectivity index (χ4n) is 2.94. The van der Waals surface area contributed by atoms with Crippen molar-refractivity contribution in [3.05, 3.63) is 0 Å². The van der Waals surface area contributed by atoms with Gasteiger partial charge in [0.2, 0.25) is 0 Å². The lowest BCUT2D eigenvalue weighted by Crippen LogP contribution is -2.14. The highest BCUT2D eigenvalue weighted by Gasteiger charge is 2.65. The summed E-state index contributed by atoms with van der Waals surface area (Å²) >= 11 is 0. The Morgan fingerprint density at radius 2 is 2.00 bits per heavy atom. The van der Waals surface area contributed by atoms with Gasteiger partial charge in [0, 0.05) is 0 Å². The largest absolute Gasteiger partial charge is 0.0499 e. The normalized spacial score (nSPS) is 72.0. The zero-order valence-electron chi connectivity index (χ0n) is 4.43. The molecule has 0 spiro atoms. The van der Waals surface area contributed by atoms with Crippen molar-refractivity contribution in [1.82, 2.24) is 0 Å². The maximum absolute atomic E-state index is 1.62. The van der Waals surface area contributed by atoms with Crippen LogP contribution in [0.4, 0.5) is 0 Å². The van der Waals surface area contributed by atoms with Crippen molar-refractivity contribution in [3.63, 3.8) is 0 Å². The van der Waals surface area contributed by atoms with Crippen LogP contribution in [0.2, 0.25) is 0 Å². The van der Waals surface area contributed by atoms with Crippen molar-refractivity contribution in [2.24, 2.45) is 23.7 Å². The van der Waals surface area contributed by atoms with Crippen molar-refractivity contribution in [2.75, 3.05) is 0 Å². The van der Waals surface area contributed by atoms with E-state index in [9.17, 15) is 0 Å². The molecule has 0 amide bonds. The van der Waals surface area contributed by atoms with Gasteiger partial charge in [0.15, 0.2) is 0 Å². The Labute approximate surface area is 43.9 Å². The second-order valence-corrected chi connectivity index (χ2v) is 3.48. The number of fused-ring (bicyclic) bond motifs is 1. The molecule has 3 aliphatic rings. The van der Waals surface area contributed by atoms with Gasteiger partial charge < -0.3 is 0 Å². The Balaban J connectivity index is 2.07. The summed E-state index contributed by atoms with van der Waals surface area (Å²) < 4.78 is 0. The lowest BCUT2D eigenvalue weighted by Gasteiger charge is -2.23. The molecule has 0 aromatic heterocycles. The molecule has 0 heterocycles. The van der Waals surface area contributed by atoms with Gasteiger partial charge in [0.1, 0.15) is 0 Å². The summed E-state index contributed by atoms with van der Waals surface area (Å²) in [6.07, 6.45) is 4.81. The molecule has 3 fully saturated rings. The molecule has 3 aliphatic carbocycles. The van der Waals surface area contributed by atoms with Gasteiger partial charge in [0.25, 0.3) is 0 Å². The smallest absolute Gasteiger partial charge is 0.0323 e. The maximum Gasteiger partial charge on any atom is -0.0323 e. The van der Waals surface area contributed by atoms with Crippen LogP contribution in [0.25, 0.3) is 0 Å². The third-order valence-corrected chi connectivity index (χ3v) is 3.39. The Bertz CT molecular complexity index is 104. The van der Waals surface area contributed by atoms with Crippen LogP contribution in [0.15, 0.2) is 0 Å². The van der Waals surface area contributed by atoms with Crippen molar-refractivity contribution < 1.29 is 0 Å². The summed E-state index contributed by atoms with van der Waals surface area (Å²) in [5, 5.41) is 0. The van der Waals surface area contributed by atoms with Crippen LogP contribution in [0.1, 0.15) is 19.3 Å². The Kier molecular flexibility index (Phi) is 0.296. The van der Waals surface area contributed by atoms with Gasteiger partial charge in [-0.15, -0.1) is 0 Å². The molecule has 0 saturated heterocycles. The highest BCUT2D eigenvalue weighted by molar-refractivity contribution is 5.14. The SMILES string of the molecule is C1CC2C3C1C[C@H]23. The van der Waals surface area contributed by atoms with E-state index in [2.05, 4.69) is 0 Å². The molecule has 0 aromatic rings. The summed E-state index contributed by atoms with van der Waals surface area (Å²) in [4.78, 5) is 0. The molecule has 3 saturated carbocycles. The summed E-state index contributed by atoms with van der Waals surface area (Å²) in [6, 6.07) is 0. The minimum atomic E-state index is 1.23. The topological polar surface area (TPSA) is 0 Å². The van der Waals surface area contributed by atoms with Crippen LogP contribution in [0.3, 0.4) is 0 Å². The van der Waals surface area contributed by atoms with E-state index in [1.54, 1.807) is 19.3 Å². The van der Waals surface area contributed by atoms with Crippen LogP contribution >= 0.6 is 0 Å². The molecule has 0 N–H and O–H groups in total. The number of hydrogen-bond donors (Lipinski definition) is 0.